The van der Waals surface area contributed by atoms with Crippen LogP contribution in [0.2, 0.25) is 0 Å². The minimum absolute atomic E-state index is 0.338. The highest BCUT2D eigenvalue weighted by molar-refractivity contribution is 4.82. The summed E-state index contributed by atoms with van der Waals surface area (Å²) in [5.41, 5.74) is 4.84. The molecule has 1 rings (SSSR count). The normalized spacial score (nSPS) is 26.1. The number of nitrogens with two attached hydrogens (primary N) is 1. The molecule has 0 amide bonds. The van der Waals surface area contributed by atoms with Gasteiger partial charge in [0.15, 0.2) is 0 Å². The first-order chi connectivity index (χ1) is 7.44. The van der Waals surface area contributed by atoms with Crippen molar-refractivity contribution in [2.45, 2.75) is 38.3 Å². The van der Waals surface area contributed by atoms with Gasteiger partial charge in [-0.15, -0.1) is 0 Å². The summed E-state index contributed by atoms with van der Waals surface area (Å²) < 4.78 is 0. The Morgan fingerprint density at radius 1 is 1.31 bits per heavy atom. The maximum absolute atomic E-state index is 9.98. The predicted octanol–water partition coefficient (Wildman–Crippen LogP) is 0.112. The number of nitrogens with zero attached hydrogens (tertiary/aromatic N) is 2. The van der Waals surface area contributed by atoms with Crippen LogP contribution in [0, 0.1) is 0 Å². The van der Waals surface area contributed by atoms with E-state index >= 15 is 0 Å². The molecule has 1 fully saturated rings. The van der Waals surface area contributed by atoms with Crippen LogP contribution >= 0.6 is 0 Å². The summed E-state index contributed by atoms with van der Waals surface area (Å²) in [7, 11) is 2.17. The zero-order chi connectivity index (χ0) is 12.2. The maximum Gasteiger partial charge on any atom is 0.0756 e. The van der Waals surface area contributed by atoms with Gasteiger partial charge in [-0.1, -0.05) is 0 Å². The second-order valence-corrected chi connectivity index (χ2v) is 5.45. The van der Waals surface area contributed by atoms with Crippen LogP contribution in [0.1, 0.15) is 26.7 Å². The van der Waals surface area contributed by atoms with E-state index in [2.05, 4.69) is 23.8 Å². The van der Waals surface area contributed by atoms with E-state index in [0.717, 1.165) is 26.1 Å². The Kier molecular flexibility index (Phi) is 5.18. The second-order valence-electron chi connectivity index (χ2n) is 5.45. The van der Waals surface area contributed by atoms with Crippen LogP contribution < -0.4 is 5.73 Å². The third-order valence-corrected chi connectivity index (χ3v) is 3.55. The van der Waals surface area contributed by atoms with Crippen molar-refractivity contribution in [2.24, 2.45) is 5.73 Å². The van der Waals surface area contributed by atoms with Gasteiger partial charge in [0.1, 0.15) is 0 Å². The third kappa shape index (κ3) is 4.37. The molecule has 0 saturated carbocycles. The van der Waals surface area contributed by atoms with E-state index in [1.807, 2.05) is 6.92 Å². The first kappa shape index (κ1) is 13.9. The third-order valence-electron chi connectivity index (χ3n) is 3.55. The molecule has 0 aromatic rings. The average molecular weight is 229 g/mol. The van der Waals surface area contributed by atoms with Crippen molar-refractivity contribution in [3.8, 4) is 0 Å². The fourth-order valence-electron chi connectivity index (χ4n) is 2.36. The molecule has 0 bridgehead atoms. The van der Waals surface area contributed by atoms with Crippen molar-refractivity contribution in [1.29, 1.82) is 0 Å². The zero-order valence-corrected chi connectivity index (χ0v) is 10.9. The summed E-state index contributed by atoms with van der Waals surface area (Å²) in [6.07, 6.45) is 1.97. The summed E-state index contributed by atoms with van der Waals surface area (Å²) in [5.74, 6) is 0. The van der Waals surface area contributed by atoms with Gasteiger partial charge in [0.25, 0.3) is 0 Å². The molecule has 0 aromatic heterocycles. The van der Waals surface area contributed by atoms with Crippen molar-refractivity contribution in [1.82, 2.24) is 9.80 Å². The van der Waals surface area contributed by atoms with Gasteiger partial charge >= 0.3 is 0 Å². The van der Waals surface area contributed by atoms with Gasteiger partial charge in [-0.3, -0.25) is 4.90 Å². The van der Waals surface area contributed by atoms with Crippen LogP contribution in [0.3, 0.4) is 0 Å². The minimum Gasteiger partial charge on any atom is -0.389 e. The van der Waals surface area contributed by atoms with Crippen molar-refractivity contribution in [3.05, 3.63) is 0 Å². The minimum atomic E-state index is -0.725. The van der Waals surface area contributed by atoms with Gasteiger partial charge in [-0.2, -0.15) is 0 Å². The quantitative estimate of drug-likeness (QED) is 0.718. The van der Waals surface area contributed by atoms with Gasteiger partial charge in [-0.05, 0) is 46.8 Å². The molecule has 96 valence electrons. The molecule has 1 aliphatic heterocycles. The van der Waals surface area contributed by atoms with Crippen LogP contribution in [-0.2, 0) is 0 Å². The number of hydrogen-bond acceptors (Lipinski definition) is 4. The maximum atomic E-state index is 9.98. The average Bonchev–Trinajstić information content (AvgIpc) is 2.42. The molecule has 4 heteroatoms. The first-order valence-electron chi connectivity index (χ1n) is 6.29. The van der Waals surface area contributed by atoms with Crippen LogP contribution in [0.25, 0.3) is 0 Å². The van der Waals surface area contributed by atoms with E-state index in [1.165, 1.54) is 13.0 Å². The van der Waals surface area contributed by atoms with E-state index in [0.29, 0.717) is 12.6 Å². The fourth-order valence-corrected chi connectivity index (χ4v) is 2.36. The van der Waals surface area contributed by atoms with Gasteiger partial charge in [-0.25, -0.2) is 0 Å². The summed E-state index contributed by atoms with van der Waals surface area (Å²) in [6, 6.07) is 0.407. The fraction of sp³-hybridized carbons (Fsp3) is 1.00. The van der Waals surface area contributed by atoms with Gasteiger partial charge < -0.3 is 15.7 Å². The van der Waals surface area contributed by atoms with Crippen molar-refractivity contribution in [2.75, 3.05) is 39.8 Å². The van der Waals surface area contributed by atoms with Gasteiger partial charge in [0, 0.05) is 25.7 Å². The summed E-state index contributed by atoms with van der Waals surface area (Å²) in [4.78, 5) is 4.83. The highest BCUT2D eigenvalue weighted by Gasteiger charge is 2.25. The largest absolute Gasteiger partial charge is 0.389 e. The molecule has 4 nitrogen and oxygen atoms in total. The molecule has 0 radical (unpaired) electrons. The Labute approximate surface area is 99.4 Å². The number of aliphatic hydroxyl groups is 1. The summed E-state index contributed by atoms with van der Waals surface area (Å²) in [5, 5.41) is 9.98. The first-order valence-corrected chi connectivity index (χ1v) is 6.29. The van der Waals surface area contributed by atoms with Crippen molar-refractivity contribution in [3.63, 3.8) is 0 Å². The molecule has 3 N–H and O–H groups in total. The van der Waals surface area contributed by atoms with Crippen LogP contribution in [0.15, 0.2) is 0 Å². The lowest BCUT2D eigenvalue weighted by atomic mass is 9.97. The van der Waals surface area contributed by atoms with E-state index in [-0.39, 0.29) is 0 Å². The molecule has 1 heterocycles. The van der Waals surface area contributed by atoms with Crippen LogP contribution in [-0.4, -0.2) is 66.3 Å². The summed E-state index contributed by atoms with van der Waals surface area (Å²) >= 11 is 0. The molecule has 0 spiro atoms. The number of hydrogen-bond donors (Lipinski definition) is 2. The molecule has 1 aliphatic rings. The smallest absolute Gasteiger partial charge is 0.0756 e. The van der Waals surface area contributed by atoms with E-state index in [4.69, 9.17) is 5.73 Å². The number of likely N-dealkylation sites (N-methyl/N-ethyl adjacent to an activating group) is 1. The monoisotopic (exact) mass is 229 g/mol. The molecular formula is C12H27N3O. The molecular weight excluding hydrogens is 202 g/mol. The van der Waals surface area contributed by atoms with Crippen LogP contribution in [0.5, 0.6) is 0 Å². The molecule has 0 aromatic carbocycles. The van der Waals surface area contributed by atoms with Gasteiger partial charge in [0.05, 0.1) is 5.60 Å². The zero-order valence-electron chi connectivity index (χ0n) is 10.9. The summed E-state index contributed by atoms with van der Waals surface area (Å²) in [6.45, 7) is 8.88. The van der Waals surface area contributed by atoms with Crippen molar-refractivity contribution < 1.29 is 5.11 Å². The molecule has 2 unspecified atom stereocenters. The lowest BCUT2D eigenvalue weighted by Crippen LogP contribution is -2.44. The highest BCUT2D eigenvalue weighted by atomic mass is 16.3. The van der Waals surface area contributed by atoms with Crippen molar-refractivity contribution >= 4 is 0 Å². The Morgan fingerprint density at radius 2 is 2.00 bits per heavy atom. The second kappa shape index (κ2) is 5.96. The van der Waals surface area contributed by atoms with E-state index < -0.39 is 5.60 Å². The standard InChI is InChI=1S/C12H27N3O/c1-11(9-12(2,16)10-13)15-6-4-5-14(3)7-8-15/h11,16H,4-10,13H2,1-3H3. The molecule has 2 atom stereocenters. The topological polar surface area (TPSA) is 52.7 Å². The SMILES string of the molecule is CC(CC(C)(O)CN)N1CCCN(C)CC1. The lowest BCUT2D eigenvalue weighted by Gasteiger charge is -2.33. The van der Waals surface area contributed by atoms with Gasteiger partial charge in [0.2, 0.25) is 0 Å². The highest BCUT2D eigenvalue weighted by Crippen LogP contribution is 2.16. The Hall–Kier alpha value is -0.160. The number of rotatable bonds is 4. The predicted molar refractivity (Wildman–Crippen MR) is 67.4 cm³/mol. The Morgan fingerprint density at radius 3 is 2.62 bits per heavy atom. The molecule has 0 aliphatic carbocycles. The molecule has 16 heavy (non-hydrogen) atoms. The van der Waals surface area contributed by atoms with E-state index in [1.54, 1.807) is 0 Å². The molecule has 1 saturated heterocycles. The van der Waals surface area contributed by atoms with E-state index in [9.17, 15) is 5.11 Å². The lowest BCUT2D eigenvalue weighted by molar-refractivity contribution is 0.0295. The Bertz CT molecular complexity index is 208. The van der Waals surface area contributed by atoms with Crippen LogP contribution in [0.4, 0.5) is 0 Å². The Balaban J connectivity index is 2.43.